The number of para-hydroxylation sites is 1. The maximum atomic E-state index is 11.8. The van der Waals surface area contributed by atoms with Crippen molar-refractivity contribution < 1.29 is 9.53 Å². The van der Waals surface area contributed by atoms with Crippen molar-refractivity contribution >= 4 is 17.7 Å². The van der Waals surface area contributed by atoms with Crippen molar-refractivity contribution in [3.63, 3.8) is 0 Å². The van der Waals surface area contributed by atoms with Crippen molar-refractivity contribution in [2.45, 2.75) is 12.1 Å². The molecule has 1 aromatic heterocycles. The summed E-state index contributed by atoms with van der Waals surface area (Å²) in [6, 6.07) is 17.5. The Hall–Kier alpha value is -2.80. The molecule has 0 radical (unpaired) electrons. The summed E-state index contributed by atoms with van der Waals surface area (Å²) in [5.41, 5.74) is 1.87. The number of hydrogen-bond acceptors (Lipinski definition) is 5. The number of ether oxygens (including phenoxy) is 1. The van der Waals surface area contributed by atoms with E-state index in [1.165, 1.54) is 11.8 Å². The molecule has 1 heterocycles. The lowest BCUT2D eigenvalue weighted by molar-refractivity contribution is -0.118. The Morgan fingerprint density at radius 3 is 2.50 bits per heavy atom. The minimum absolute atomic E-state index is 0.0221. The van der Waals surface area contributed by atoms with E-state index in [2.05, 4.69) is 15.5 Å². The van der Waals surface area contributed by atoms with Gasteiger partial charge in [-0.3, -0.25) is 9.36 Å². The normalized spacial score (nSPS) is 10.5. The predicted molar refractivity (Wildman–Crippen MR) is 103 cm³/mol. The Balaban J connectivity index is 1.97. The second kappa shape index (κ2) is 8.53. The van der Waals surface area contributed by atoms with Gasteiger partial charge in [-0.05, 0) is 43.3 Å². The van der Waals surface area contributed by atoms with Gasteiger partial charge in [0, 0.05) is 17.8 Å². The number of nitrogens with one attached hydrogen (secondary N) is 1. The summed E-state index contributed by atoms with van der Waals surface area (Å²) >= 11 is 1.37. The van der Waals surface area contributed by atoms with Crippen LogP contribution in [0.3, 0.4) is 0 Å². The fraction of sp³-hybridized carbons (Fsp3) is 0.211. The molecule has 0 atom stereocenters. The number of aromatic nitrogens is 3. The SMILES string of the molecule is CCNC(=O)CSc1nnc(-c2ccc(OC)cc2)n1-c1ccccc1. The number of thioether (sulfide) groups is 1. The molecule has 1 amide bonds. The van der Waals surface area contributed by atoms with Crippen molar-refractivity contribution in [2.75, 3.05) is 19.4 Å². The summed E-state index contributed by atoms with van der Waals surface area (Å²) in [7, 11) is 1.64. The third kappa shape index (κ3) is 4.05. The van der Waals surface area contributed by atoms with Crippen LogP contribution in [0.25, 0.3) is 17.1 Å². The van der Waals surface area contributed by atoms with Crippen LogP contribution >= 0.6 is 11.8 Å². The lowest BCUT2D eigenvalue weighted by atomic mass is 10.2. The zero-order chi connectivity index (χ0) is 18.4. The number of methoxy groups -OCH3 is 1. The fourth-order valence-electron chi connectivity index (χ4n) is 2.48. The molecule has 6 nitrogen and oxygen atoms in total. The van der Waals surface area contributed by atoms with E-state index in [1.54, 1.807) is 7.11 Å². The fourth-order valence-corrected chi connectivity index (χ4v) is 3.26. The molecule has 0 aliphatic rings. The van der Waals surface area contributed by atoms with Crippen molar-refractivity contribution in [3.8, 4) is 22.8 Å². The highest BCUT2D eigenvalue weighted by molar-refractivity contribution is 7.99. The van der Waals surface area contributed by atoms with Crippen LogP contribution in [0.1, 0.15) is 6.92 Å². The molecule has 0 aliphatic heterocycles. The zero-order valence-corrected chi connectivity index (χ0v) is 15.5. The molecule has 0 fully saturated rings. The number of amides is 1. The first-order chi connectivity index (χ1) is 12.7. The molecule has 26 heavy (non-hydrogen) atoms. The Bertz CT molecular complexity index is 863. The Kier molecular flexibility index (Phi) is 5.91. The van der Waals surface area contributed by atoms with Crippen LogP contribution in [0, 0.1) is 0 Å². The minimum Gasteiger partial charge on any atom is -0.497 e. The average molecular weight is 368 g/mol. The van der Waals surface area contributed by atoms with Gasteiger partial charge in [0.1, 0.15) is 5.75 Å². The molecular formula is C19H20N4O2S. The van der Waals surface area contributed by atoms with Gasteiger partial charge < -0.3 is 10.1 Å². The molecule has 0 aliphatic carbocycles. The highest BCUT2D eigenvalue weighted by Gasteiger charge is 2.17. The summed E-state index contributed by atoms with van der Waals surface area (Å²) in [6.07, 6.45) is 0. The van der Waals surface area contributed by atoms with Crippen LogP contribution in [-0.2, 0) is 4.79 Å². The molecule has 0 saturated heterocycles. The smallest absolute Gasteiger partial charge is 0.230 e. The summed E-state index contributed by atoms with van der Waals surface area (Å²) in [5.74, 6) is 1.77. The molecule has 3 rings (SSSR count). The van der Waals surface area contributed by atoms with Gasteiger partial charge in [-0.25, -0.2) is 0 Å². The standard InChI is InChI=1S/C19H20N4O2S/c1-3-20-17(24)13-26-19-22-21-18(14-9-11-16(25-2)12-10-14)23(19)15-7-5-4-6-8-15/h4-12H,3,13H2,1-2H3,(H,20,24). The van der Waals surface area contributed by atoms with E-state index >= 15 is 0 Å². The van der Waals surface area contributed by atoms with Crippen LogP contribution in [0.15, 0.2) is 59.8 Å². The van der Waals surface area contributed by atoms with E-state index in [9.17, 15) is 4.79 Å². The molecule has 7 heteroatoms. The first kappa shape index (κ1) is 18.0. The molecule has 134 valence electrons. The van der Waals surface area contributed by atoms with Crippen LogP contribution in [0.5, 0.6) is 5.75 Å². The van der Waals surface area contributed by atoms with E-state index < -0.39 is 0 Å². The highest BCUT2D eigenvalue weighted by Crippen LogP contribution is 2.28. The summed E-state index contributed by atoms with van der Waals surface area (Å²) < 4.78 is 7.19. The molecule has 1 N–H and O–H groups in total. The first-order valence-electron chi connectivity index (χ1n) is 8.27. The van der Waals surface area contributed by atoms with Crippen LogP contribution in [0.4, 0.5) is 0 Å². The second-order valence-corrected chi connectivity index (χ2v) is 6.39. The molecule has 3 aromatic rings. The predicted octanol–water partition coefficient (Wildman–Crippen LogP) is 3.17. The molecule has 0 bridgehead atoms. The highest BCUT2D eigenvalue weighted by atomic mass is 32.2. The number of hydrogen-bond donors (Lipinski definition) is 1. The van der Waals surface area contributed by atoms with Crippen LogP contribution in [0.2, 0.25) is 0 Å². The Labute approximate surface area is 156 Å². The van der Waals surface area contributed by atoms with E-state index in [1.807, 2.05) is 66.1 Å². The van der Waals surface area contributed by atoms with Gasteiger partial charge in [0.25, 0.3) is 0 Å². The largest absolute Gasteiger partial charge is 0.497 e. The number of rotatable bonds is 7. The number of carbonyl (C=O) groups is 1. The van der Waals surface area contributed by atoms with E-state index in [-0.39, 0.29) is 5.91 Å². The molecule has 2 aromatic carbocycles. The van der Waals surface area contributed by atoms with Crippen molar-refractivity contribution in [2.24, 2.45) is 0 Å². The van der Waals surface area contributed by atoms with Gasteiger partial charge in [0.15, 0.2) is 11.0 Å². The Morgan fingerprint density at radius 1 is 1.12 bits per heavy atom. The molecule has 0 spiro atoms. The average Bonchev–Trinajstić information content (AvgIpc) is 3.11. The maximum Gasteiger partial charge on any atom is 0.230 e. The van der Waals surface area contributed by atoms with E-state index in [0.29, 0.717) is 17.5 Å². The second-order valence-electron chi connectivity index (χ2n) is 5.45. The quantitative estimate of drug-likeness (QED) is 0.649. The molecule has 0 saturated carbocycles. The van der Waals surface area contributed by atoms with Crippen molar-refractivity contribution in [1.82, 2.24) is 20.1 Å². The minimum atomic E-state index is -0.0221. The zero-order valence-electron chi connectivity index (χ0n) is 14.7. The van der Waals surface area contributed by atoms with Gasteiger partial charge in [0.2, 0.25) is 5.91 Å². The van der Waals surface area contributed by atoms with Crippen molar-refractivity contribution in [3.05, 3.63) is 54.6 Å². The number of carbonyl (C=O) groups excluding carboxylic acids is 1. The maximum absolute atomic E-state index is 11.8. The van der Waals surface area contributed by atoms with Gasteiger partial charge in [0.05, 0.1) is 12.9 Å². The van der Waals surface area contributed by atoms with Crippen LogP contribution in [-0.4, -0.2) is 40.1 Å². The molecular weight excluding hydrogens is 348 g/mol. The topological polar surface area (TPSA) is 69.0 Å². The monoisotopic (exact) mass is 368 g/mol. The number of benzene rings is 2. The third-order valence-electron chi connectivity index (χ3n) is 3.70. The molecule has 0 unspecified atom stereocenters. The van der Waals surface area contributed by atoms with Gasteiger partial charge >= 0.3 is 0 Å². The number of nitrogens with zero attached hydrogens (tertiary/aromatic N) is 3. The summed E-state index contributed by atoms with van der Waals surface area (Å²) in [6.45, 7) is 2.51. The third-order valence-corrected chi connectivity index (χ3v) is 4.63. The van der Waals surface area contributed by atoms with Crippen molar-refractivity contribution in [1.29, 1.82) is 0 Å². The van der Waals surface area contributed by atoms with Gasteiger partial charge in [-0.2, -0.15) is 0 Å². The summed E-state index contributed by atoms with van der Waals surface area (Å²) in [4.78, 5) is 11.8. The first-order valence-corrected chi connectivity index (χ1v) is 9.26. The Morgan fingerprint density at radius 2 is 1.85 bits per heavy atom. The van der Waals surface area contributed by atoms with Crippen LogP contribution < -0.4 is 10.1 Å². The van der Waals surface area contributed by atoms with E-state index in [4.69, 9.17) is 4.74 Å². The lowest BCUT2D eigenvalue weighted by Gasteiger charge is -2.10. The van der Waals surface area contributed by atoms with E-state index in [0.717, 1.165) is 22.8 Å². The van der Waals surface area contributed by atoms with Gasteiger partial charge in [-0.1, -0.05) is 30.0 Å². The van der Waals surface area contributed by atoms with Gasteiger partial charge in [-0.15, -0.1) is 10.2 Å². The summed E-state index contributed by atoms with van der Waals surface area (Å²) in [5, 5.41) is 12.1. The lowest BCUT2D eigenvalue weighted by Crippen LogP contribution is -2.24.